The van der Waals surface area contributed by atoms with Crippen LogP contribution in [0.25, 0.3) is 0 Å². The molecule has 2 aromatic rings. The van der Waals surface area contributed by atoms with Gasteiger partial charge in [0.15, 0.2) is 0 Å². The number of hydrogen-bond donors (Lipinski definition) is 0. The van der Waals surface area contributed by atoms with Gasteiger partial charge in [0, 0.05) is 18.3 Å². The molecular formula is C17H16N2O. The van der Waals surface area contributed by atoms with Crippen molar-refractivity contribution < 1.29 is 4.74 Å². The van der Waals surface area contributed by atoms with Crippen LogP contribution in [0.2, 0.25) is 0 Å². The quantitative estimate of drug-likeness (QED) is 0.834. The standard InChI is InChI=1S/C17H16N2O/c1-20-15-7-4-6-14(11-15)19-10-9-13-5-2-3-8-16(13)17(19)12-18/h2-8,11,17H,9-10H2,1H3. The zero-order chi connectivity index (χ0) is 13.9. The molecule has 1 atom stereocenters. The highest BCUT2D eigenvalue weighted by molar-refractivity contribution is 5.56. The molecule has 0 radical (unpaired) electrons. The topological polar surface area (TPSA) is 36.3 Å². The number of rotatable bonds is 2. The van der Waals surface area contributed by atoms with Crippen LogP contribution in [0.1, 0.15) is 17.2 Å². The van der Waals surface area contributed by atoms with Crippen molar-refractivity contribution in [2.45, 2.75) is 12.5 Å². The first-order valence-corrected chi connectivity index (χ1v) is 6.71. The predicted octanol–water partition coefficient (Wildman–Crippen LogP) is 3.32. The number of ether oxygens (including phenoxy) is 1. The van der Waals surface area contributed by atoms with E-state index in [1.807, 2.05) is 36.4 Å². The molecule has 0 saturated carbocycles. The summed E-state index contributed by atoms with van der Waals surface area (Å²) in [6.45, 7) is 0.850. The Bertz CT molecular complexity index is 660. The maximum atomic E-state index is 9.57. The third-order valence-electron chi connectivity index (χ3n) is 3.79. The van der Waals surface area contributed by atoms with E-state index in [9.17, 15) is 5.26 Å². The number of hydrogen-bond acceptors (Lipinski definition) is 3. The first-order valence-electron chi connectivity index (χ1n) is 6.71. The summed E-state index contributed by atoms with van der Waals surface area (Å²) >= 11 is 0. The van der Waals surface area contributed by atoms with Gasteiger partial charge in [0.1, 0.15) is 11.8 Å². The fraction of sp³-hybridized carbons (Fsp3) is 0.235. The monoisotopic (exact) mass is 264 g/mol. The number of nitrogens with zero attached hydrogens (tertiary/aromatic N) is 2. The molecule has 0 aromatic heterocycles. The van der Waals surface area contributed by atoms with Crippen LogP contribution in [0, 0.1) is 11.3 Å². The molecule has 1 heterocycles. The van der Waals surface area contributed by atoms with Crippen LogP contribution in [0.5, 0.6) is 5.75 Å². The van der Waals surface area contributed by atoms with Gasteiger partial charge in [-0.3, -0.25) is 0 Å². The number of anilines is 1. The molecule has 100 valence electrons. The second-order valence-electron chi connectivity index (χ2n) is 4.88. The van der Waals surface area contributed by atoms with Crippen LogP contribution in [-0.2, 0) is 6.42 Å². The Morgan fingerprint density at radius 2 is 2.05 bits per heavy atom. The highest BCUT2D eigenvalue weighted by Gasteiger charge is 2.27. The zero-order valence-corrected chi connectivity index (χ0v) is 11.4. The molecule has 0 aliphatic carbocycles. The van der Waals surface area contributed by atoms with Crippen molar-refractivity contribution in [2.75, 3.05) is 18.6 Å². The van der Waals surface area contributed by atoms with E-state index in [4.69, 9.17) is 4.74 Å². The summed E-state index contributed by atoms with van der Waals surface area (Å²) in [7, 11) is 1.66. The lowest BCUT2D eigenvalue weighted by Crippen LogP contribution is -2.34. The molecule has 3 heteroatoms. The van der Waals surface area contributed by atoms with Crippen LogP contribution >= 0.6 is 0 Å². The van der Waals surface area contributed by atoms with Crippen molar-refractivity contribution in [3.8, 4) is 11.8 Å². The van der Waals surface area contributed by atoms with E-state index in [2.05, 4.69) is 23.1 Å². The SMILES string of the molecule is COc1cccc(N2CCc3ccccc3C2C#N)c1. The Labute approximate surface area is 119 Å². The Hall–Kier alpha value is -2.47. The zero-order valence-electron chi connectivity index (χ0n) is 11.4. The molecule has 20 heavy (non-hydrogen) atoms. The van der Waals surface area contributed by atoms with Gasteiger partial charge in [0.2, 0.25) is 0 Å². The minimum atomic E-state index is -0.230. The molecule has 0 bridgehead atoms. The van der Waals surface area contributed by atoms with E-state index in [-0.39, 0.29) is 6.04 Å². The molecule has 0 amide bonds. The molecular weight excluding hydrogens is 248 g/mol. The number of nitriles is 1. The first-order chi connectivity index (χ1) is 9.83. The molecule has 1 unspecified atom stereocenters. The highest BCUT2D eigenvalue weighted by atomic mass is 16.5. The maximum absolute atomic E-state index is 9.57. The molecule has 2 aromatic carbocycles. The van der Waals surface area contributed by atoms with Gasteiger partial charge in [-0.25, -0.2) is 0 Å². The van der Waals surface area contributed by atoms with Crippen molar-refractivity contribution >= 4 is 5.69 Å². The van der Waals surface area contributed by atoms with E-state index >= 15 is 0 Å². The fourth-order valence-electron chi connectivity index (χ4n) is 2.77. The van der Waals surface area contributed by atoms with Gasteiger partial charge in [0.25, 0.3) is 0 Å². The lowest BCUT2D eigenvalue weighted by molar-refractivity contribution is 0.414. The van der Waals surface area contributed by atoms with Gasteiger partial charge in [-0.1, -0.05) is 30.3 Å². The second-order valence-corrected chi connectivity index (χ2v) is 4.88. The highest BCUT2D eigenvalue weighted by Crippen LogP contribution is 2.34. The summed E-state index contributed by atoms with van der Waals surface area (Å²) < 4.78 is 5.27. The molecule has 0 N–H and O–H groups in total. The third kappa shape index (κ3) is 2.10. The van der Waals surface area contributed by atoms with Crippen molar-refractivity contribution in [1.82, 2.24) is 0 Å². The van der Waals surface area contributed by atoms with Gasteiger partial charge in [0.05, 0.1) is 13.2 Å². The van der Waals surface area contributed by atoms with Gasteiger partial charge >= 0.3 is 0 Å². The Morgan fingerprint density at radius 3 is 2.85 bits per heavy atom. The predicted molar refractivity (Wildman–Crippen MR) is 78.8 cm³/mol. The number of methoxy groups -OCH3 is 1. The largest absolute Gasteiger partial charge is 0.497 e. The molecule has 0 spiro atoms. The van der Waals surface area contributed by atoms with E-state index in [1.54, 1.807) is 7.11 Å². The number of benzene rings is 2. The lowest BCUT2D eigenvalue weighted by Gasteiger charge is -2.35. The number of fused-ring (bicyclic) bond motifs is 1. The van der Waals surface area contributed by atoms with Crippen LogP contribution in [0.15, 0.2) is 48.5 Å². The fourth-order valence-corrected chi connectivity index (χ4v) is 2.77. The summed E-state index contributed by atoms with van der Waals surface area (Å²) in [5.41, 5.74) is 3.42. The van der Waals surface area contributed by atoms with Gasteiger partial charge < -0.3 is 9.64 Å². The molecule has 0 saturated heterocycles. The van der Waals surface area contributed by atoms with Gasteiger partial charge in [-0.15, -0.1) is 0 Å². The van der Waals surface area contributed by atoms with Gasteiger partial charge in [-0.2, -0.15) is 5.26 Å². The van der Waals surface area contributed by atoms with Crippen LogP contribution < -0.4 is 9.64 Å². The van der Waals surface area contributed by atoms with Gasteiger partial charge in [-0.05, 0) is 29.7 Å². The molecule has 1 aliphatic rings. The summed E-state index contributed by atoms with van der Waals surface area (Å²) in [5, 5.41) is 9.57. The van der Waals surface area contributed by atoms with E-state index in [1.165, 1.54) is 5.56 Å². The average Bonchev–Trinajstić information content (AvgIpc) is 2.53. The van der Waals surface area contributed by atoms with Crippen LogP contribution in [0.3, 0.4) is 0 Å². The Kier molecular flexibility index (Phi) is 3.30. The maximum Gasteiger partial charge on any atom is 0.142 e. The summed E-state index contributed by atoms with van der Waals surface area (Å²) in [4.78, 5) is 2.14. The van der Waals surface area contributed by atoms with Crippen LogP contribution in [0.4, 0.5) is 5.69 Å². The Balaban J connectivity index is 2.01. The molecule has 0 fully saturated rings. The van der Waals surface area contributed by atoms with Crippen molar-refractivity contribution in [3.63, 3.8) is 0 Å². The summed E-state index contributed by atoms with van der Waals surface area (Å²) in [6.07, 6.45) is 0.964. The van der Waals surface area contributed by atoms with E-state index in [0.29, 0.717) is 0 Å². The minimum absolute atomic E-state index is 0.230. The van der Waals surface area contributed by atoms with Crippen molar-refractivity contribution in [2.24, 2.45) is 0 Å². The molecule has 3 nitrogen and oxygen atoms in total. The average molecular weight is 264 g/mol. The minimum Gasteiger partial charge on any atom is -0.497 e. The molecule has 3 rings (SSSR count). The van der Waals surface area contributed by atoms with Crippen molar-refractivity contribution in [1.29, 1.82) is 5.26 Å². The van der Waals surface area contributed by atoms with Crippen molar-refractivity contribution in [3.05, 3.63) is 59.7 Å². The molecule has 1 aliphatic heterocycles. The third-order valence-corrected chi connectivity index (χ3v) is 3.79. The normalized spacial score (nSPS) is 17.2. The van der Waals surface area contributed by atoms with Crippen LogP contribution in [-0.4, -0.2) is 13.7 Å². The Morgan fingerprint density at radius 1 is 1.20 bits per heavy atom. The first kappa shape index (κ1) is 12.6. The lowest BCUT2D eigenvalue weighted by atomic mass is 9.93. The summed E-state index contributed by atoms with van der Waals surface area (Å²) in [5.74, 6) is 0.818. The smallest absolute Gasteiger partial charge is 0.142 e. The summed E-state index contributed by atoms with van der Waals surface area (Å²) in [6, 6.07) is 18.3. The van der Waals surface area contributed by atoms with E-state index in [0.717, 1.165) is 30.0 Å². The van der Waals surface area contributed by atoms with E-state index < -0.39 is 0 Å². The second kappa shape index (κ2) is 5.26.